The van der Waals surface area contributed by atoms with Crippen molar-refractivity contribution in [3.63, 3.8) is 0 Å². The number of aryl methyl sites for hydroxylation is 2. The Morgan fingerprint density at radius 2 is 1.83 bits per heavy atom. The fraction of sp³-hybridized carbons (Fsp3) is 0.360. The summed E-state index contributed by atoms with van der Waals surface area (Å²) in [6, 6.07) is 10.5. The molecule has 2 N–H and O–H groups in total. The van der Waals surface area contributed by atoms with E-state index in [1.165, 1.54) is 11.8 Å². The first-order valence-electron chi connectivity index (χ1n) is 11.3. The summed E-state index contributed by atoms with van der Waals surface area (Å²) in [5.41, 5.74) is 3.39. The summed E-state index contributed by atoms with van der Waals surface area (Å²) >= 11 is 11.0. The van der Waals surface area contributed by atoms with Gasteiger partial charge >= 0.3 is 0 Å². The molecule has 3 aromatic rings. The molecule has 186 valence electrons. The molecular weight excluding hydrogens is 550 g/mol. The van der Waals surface area contributed by atoms with E-state index < -0.39 is 0 Å². The van der Waals surface area contributed by atoms with Crippen molar-refractivity contribution in [3.05, 3.63) is 68.4 Å². The molecule has 2 aromatic carbocycles. The summed E-state index contributed by atoms with van der Waals surface area (Å²) in [6.45, 7) is 10.6. The van der Waals surface area contributed by atoms with Crippen LogP contribution in [-0.4, -0.2) is 32.3 Å². The predicted octanol–water partition coefficient (Wildman–Crippen LogP) is 6.19. The van der Waals surface area contributed by atoms with Gasteiger partial charge in [0.25, 0.3) is 5.91 Å². The van der Waals surface area contributed by atoms with Crippen molar-refractivity contribution in [2.45, 2.75) is 52.4 Å². The smallest absolute Gasteiger partial charge is 0.253 e. The average Bonchev–Trinajstić information content (AvgIpc) is 3.22. The van der Waals surface area contributed by atoms with E-state index in [1.54, 1.807) is 24.3 Å². The lowest BCUT2D eigenvalue weighted by Gasteiger charge is -2.22. The number of carbonyl (C=O) groups is 2. The van der Waals surface area contributed by atoms with E-state index in [1.807, 2.05) is 51.3 Å². The van der Waals surface area contributed by atoms with Gasteiger partial charge in [-0.1, -0.05) is 49.3 Å². The molecule has 7 nitrogen and oxygen atoms in total. The number of hydrogen-bond donors (Lipinski definition) is 2. The summed E-state index contributed by atoms with van der Waals surface area (Å²) in [5.74, 6) is 0.462. The van der Waals surface area contributed by atoms with Crippen molar-refractivity contribution in [3.8, 4) is 0 Å². The number of aromatic nitrogens is 3. The highest BCUT2D eigenvalue weighted by molar-refractivity contribution is 9.10. The molecule has 0 aliphatic carbocycles. The highest BCUT2D eigenvalue weighted by atomic mass is 79.9. The number of nitrogens with one attached hydrogen (secondary N) is 2. The van der Waals surface area contributed by atoms with Crippen molar-refractivity contribution in [1.82, 2.24) is 20.1 Å². The molecule has 2 amide bonds. The average molecular weight is 579 g/mol. The van der Waals surface area contributed by atoms with Crippen LogP contribution in [0.1, 0.15) is 54.1 Å². The molecular formula is C25H29BrClN5O2S. The zero-order valence-electron chi connectivity index (χ0n) is 20.4. The van der Waals surface area contributed by atoms with E-state index in [2.05, 4.69) is 36.8 Å². The lowest BCUT2D eigenvalue weighted by Crippen LogP contribution is -2.34. The third-order valence-electron chi connectivity index (χ3n) is 5.60. The van der Waals surface area contributed by atoms with Crippen LogP contribution in [0, 0.1) is 19.8 Å². The van der Waals surface area contributed by atoms with Crippen LogP contribution in [0.3, 0.4) is 0 Å². The number of hydrogen-bond acceptors (Lipinski definition) is 5. The van der Waals surface area contributed by atoms with Crippen LogP contribution < -0.4 is 10.6 Å². The number of thioether (sulfide) groups is 1. The predicted molar refractivity (Wildman–Crippen MR) is 145 cm³/mol. The minimum atomic E-state index is -0.374. The maximum atomic E-state index is 12.9. The Kier molecular flexibility index (Phi) is 9.38. The van der Waals surface area contributed by atoms with Crippen LogP contribution in [0.2, 0.25) is 5.02 Å². The Hall–Kier alpha value is -2.36. The summed E-state index contributed by atoms with van der Waals surface area (Å²) in [4.78, 5) is 25.5. The standard InChI is InChI=1S/C25H29BrClN5O2S/c1-6-32-23(22(14(2)3)29-24(34)17-9-7-8-10-19(17)27)30-31-25(32)35-13-21(33)28-20-12-16(5)15(4)11-18(20)26/h7-12,14,22H,6,13H2,1-5H3,(H,28,33)(H,29,34). The van der Waals surface area contributed by atoms with E-state index in [4.69, 9.17) is 11.6 Å². The highest BCUT2D eigenvalue weighted by Crippen LogP contribution is 2.28. The van der Waals surface area contributed by atoms with Gasteiger partial charge in [-0.15, -0.1) is 10.2 Å². The van der Waals surface area contributed by atoms with Gasteiger partial charge in [-0.05, 0) is 78.0 Å². The highest BCUT2D eigenvalue weighted by Gasteiger charge is 2.27. The SMILES string of the molecule is CCn1c(SCC(=O)Nc2cc(C)c(C)cc2Br)nnc1C(NC(=O)c1ccccc1Cl)C(C)C. The fourth-order valence-electron chi connectivity index (χ4n) is 3.52. The van der Waals surface area contributed by atoms with Crippen LogP contribution in [0.4, 0.5) is 5.69 Å². The number of nitrogens with zero attached hydrogens (tertiary/aromatic N) is 3. The number of halogens is 2. The van der Waals surface area contributed by atoms with Gasteiger partial charge in [0.15, 0.2) is 11.0 Å². The molecule has 0 fully saturated rings. The zero-order valence-corrected chi connectivity index (χ0v) is 23.5. The van der Waals surface area contributed by atoms with Crippen LogP contribution in [0.5, 0.6) is 0 Å². The van der Waals surface area contributed by atoms with E-state index in [-0.39, 0.29) is 29.5 Å². The molecule has 0 saturated carbocycles. The number of rotatable bonds is 9. The maximum Gasteiger partial charge on any atom is 0.253 e. The van der Waals surface area contributed by atoms with E-state index >= 15 is 0 Å². The molecule has 0 aliphatic rings. The molecule has 1 unspecified atom stereocenters. The van der Waals surface area contributed by atoms with Gasteiger partial charge in [0.2, 0.25) is 5.91 Å². The molecule has 1 heterocycles. The third kappa shape index (κ3) is 6.65. The van der Waals surface area contributed by atoms with Gasteiger partial charge in [0.1, 0.15) is 0 Å². The Balaban J connectivity index is 1.73. The van der Waals surface area contributed by atoms with Crippen LogP contribution in [0.15, 0.2) is 46.0 Å². The van der Waals surface area contributed by atoms with E-state index in [0.29, 0.717) is 28.1 Å². The van der Waals surface area contributed by atoms with Crippen LogP contribution in [0.25, 0.3) is 0 Å². The first-order chi connectivity index (χ1) is 16.6. The molecule has 3 rings (SSSR count). The molecule has 1 aromatic heterocycles. The Morgan fingerprint density at radius 3 is 2.49 bits per heavy atom. The van der Waals surface area contributed by atoms with Crippen LogP contribution in [-0.2, 0) is 11.3 Å². The molecule has 0 spiro atoms. The zero-order chi connectivity index (χ0) is 25.7. The van der Waals surface area contributed by atoms with Crippen LogP contribution >= 0.6 is 39.3 Å². The maximum absolute atomic E-state index is 12.9. The summed E-state index contributed by atoms with van der Waals surface area (Å²) in [7, 11) is 0. The number of carbonyl (C=O) groups excluding carboxylic acids is 2. The third-order valence-corrected chi connectivity index (χ3v) is 7.55. The van der Waals surface area contributed by atoms with Gasteiger partial charge in [-0.25, -0.2) is 0 Å². The molecule has 35 heavy (non-hydrogen) atoms. The Morgan fingerprint density at radius 1 is 1.14 bits per heavy atom. The normalized spacial score (nSPS) is 12.0. The minimum absolute atomic E-state index is 0.0548. The van der Waals surface area contributed by atoms with Gasteiger partial charge in [-0.3, -0.25) is 9.59 Å². The summed E-state index contributed by atoms with van der Waals surface area (Å²) in [5, 5.41) is 15.7. The van der Waals surface area contributed by atoms with Crippen molar-refractivity contribution in [2.75, 3.05) is 11.1 Å². The van der Waals surface area contributed by atoms with Crippen molar-refractivity contribution in [1.29, 1.82) is 0 Å². The lowest BCUT2D eigenvalue weighted by atomic mass is 10.0. The molecule has 0 bridgehead atoms. The molecule has 0 aliphatic heterocycles. The first kappa shape index (κ1) is 27.2. The topological polar surface area (TPSA) is 88.9 Å². The fourth-order valence-corrected chi connectivity index (χ4v) is 5.11. The van der Waals surface area contributed by atoms with E-state index in [0.717, 1.165) is 21.3 Å². The van der Waals surface area contributed by atoms with Crippen molar-refractivity contribution >= 4 is 56.8 Å². The molecule has 10 heteroatoms. The Labute approximate surface area is 223 Å². The molecule has 0 saturated heterocycles. The first-order valence-corrected chi connectivity index (χ1v) is 13.5. The second-order valence-electron chi connectivity index (χ2n) is 8.51. The van der Waals surface area contributed by atoms with Gasteiger partial charge in [-0.2, -0.15) is 0 Å². The lowest BCUT2D eigenvalue weighted by molar-refractivity contribution is -0.113. The van der Waals surface area contributed by atoms with Gasteiger partial charge < -0.3 is 15.2 Å². The second kappa shape index (κ2) is 12.1. The molecule has 1 atom stereocenters. The van der Waals surface area contributed by atoms with Gasteiger partial charge in [0.05, 0.1) is 28.1 Å². The van der Waals surface area contributed by atoms with Crippen molar-refractivity contribution < 1.29 is 9.59 Å². The summed E-state index contributed by atoms with van der Waals surface area (Å²) < 4.78 is 2.77. The number of amides is 2. The quantitative estimate of drug-likeness (QED) is 0.296. The minimum Gasteiger partial charge on any atom is -0.342 e. The van der Waals surface area contributed by atoms with Crippen molar-refractivity contribution in [2.24, 2.45) is 5.92 Å². The van der Waals surface area contributed by atoms with Gasteiger partial charge in [0, 0.05) is 11.0 Å². The number of anilines is 1. The number of benzene rings is 2. The Bertz CT molecular complexity index is 1230. The largest absolute Gasteiger partial charge is 0.342 e. The van der Waals surface area contributed by atoms with E-state index in [9.17, 15) is 9.59 Å². The molecule has 0 radical (unpaired) electrons. The monoisotopic (exact) mass is 577 g/mol. The summed E-state index contributed by atoms with van der Waals surface area (Å²) in [6.07, 6.45) is 0. The second-order valence-corrected chi connectivity index (χ2v) is 10.7.